The molecule has 1 fully saturated rings. The Morgan fingerprint density at radius 1 is 1.31 bits per heavy atom. The molecule has 0 spiro atoms. The maximum absolute atomic E-state index is 3.68. The van der Waals surface area contributed by atoms with Gasteiger partial charge in [0.1, 0.15) is 0 Å². The van der Waals surface area contributed by atoms with E-state index in [-0.39, 0.29) is 0 Å². The first kappa shape index (κ1) is 10.3. The van der Waals surface area contributed by atoms with Crippen LogP contribution in [0.4, 0.5) is 0 Å². The van der Waals surface area contributed by atoms with Gasteiger partial charge in [0.05, 0.1) is 0 Å². The first-order valence-corrected chi connectivity index (χ1v) is 6.81. The summed E-state index contributed by atoms with van der Waals surface area (Å²) in [4.78, 5) is 1.51. The van der Waals surface area contributed by atoms with E-state index >= 15 is 0 Å². The van der Waals surface area contributed by atoms with Crippen molar-refractivity contribution in [2.45, 2.75) is 38.8 Å². The van der Waals surface area contributed by atoms with Crippen LogP contribution >= 0.6 is 11.3 Å². The largest absolute Gasteiger partial charge is 0.307 e. The van der Waals surface area contributed by atoms with Crippen LogP contribution in [0.5, 0.6) is 0 Å². The molecule has 0 amide bonds. The molecular formula is C14H17NS. The van der Waals surface area contributed by atoms with Gasteiger partial charge in [-0.2, -0.15) is 0 Å². The van der Waals surface area contributed by atoms with Crippen molar-refractivity contribution in [3.8, 4) is 0 Å². The van der Waals surface area contributed by atoms with Crippen LogP contribution in [-0.2, 0) is 0 Å². The first-order valence-electron chi connectivity index (χ1n) is 6.00. The Hall–Kier alpha value is -0.860. The van der Waals surface area contributed by atoms with Crippen LogP contribution in [0.3, 0.4) is 0 Å². The Bertz CT molecular complexity index is 510. The molecule has 0 radical (unpaired) electrons. The minimum atomic E-state index is 0.505. The number of benzene rings is 1. The third-order valence-corrected chi connectivity index (χ3v) is 4.79. The van der Waals surface area contributed by atoms with Gasteiger partial charge in [-0.05, 0) is 43.7 Å². The van der Waals surface area contributed by atoms with Crippen molar-refractivity contribution in [3.63, 3.8) is 0 Å². The van der Waals surface area contributed by atoms with Crippen molar-refractivity contribution >= 4 is 21.4 Å². The molecule has 0 aliphatic heterocycles. The van der Waals surface area contributed by atoms with Crippen molar-refractivity contribution in [1.82, 2.24) is 5.32 Å². The highest BCUT2D eigenvalue weighted by molar-refractivity contribution is 7.19. The maximum atomic E-state index is 3.68. The fraction of sp³-hybridized carbons (Fsp3) is 0.429. The van der Waals surface area contributed by atoms with Crippen LogP contribution in [-0.4, -0.2) is 6.04 Å². The van der Waals surface area contributed by atoms with Gasteiger partial charge in [-0.1, -0.05) is 18.2 Å². The summed E-state index contributed by atoms with van der Waals surface area (Å²) in [6.45, 7) is 4.54. The van der Waals surface area contributed by atoms with Gasteiger partial charge in [-0.25, -0.2) is 0 Å². The number of fused-ring (bicyclic) bond motifs is 1. The topological polar surface area (TPSA) is 12.0 Å². The van der Waals surface area contributed by atoms with Crippen molar-refractivity contribution < 1.29 is 0 Å². The van der Waals surface area contributed by atoms with Gasteiger partial charge in [0.15, 0.2) is 0 Å². The highest BCUT2D eigenvalue weighted by Gasteiger charge is 2.24. The molecule has 1 unspecified atom stereocenters. The van der Waals surface area contributed by atoms with Crippen LogP contribution in [0.15, 0.2) is 24.3 Å². The zero-order valence-corrected chi connectivity index (χ0v) is 10.6. The molecule has 84 valence electrons. The van der Waals surface area contributed by atoms with E-state index in [0.717, 1.165) is 6.04 Å². The quantitative estimate of drug-likeness (QED) is 0.841. The molecule has 1 aromatic carbocycles. The monoisotopic (exact) mass is 231 g/mol. The lowest BCUT2D eigenvalue weighted by Gasteiger charge is -2.12. The summed E-state index contributed by atoms with van der Waals surface area (Å²) in [5.74, 6) is 0. The number of aryl methyl sites for hydroxylation is 1. The highest BCUT2D eigenvalue weighted by atomic mass is 32.1. The summed E-state index contributed by atoms with van der Waals surface area (Å²) >= 11 is 1.94. The van der Waals surface area contributed by atoms with Crippen molar-refractivity contribution in [1.29, 1.82) is 0 Å². The second-order valence-corrected chi connectivity index (χ2v) is 5.83. The lowest BCUT2D eigenvalue weighted by atomic mass is 10.1. The standard InChI is InChI=1S/C14H17NS/c1-9-12-5-3-4-6-13(12)16-14(9)10(2)15-11-7-8-11/h3-6,10-11,15H,7-8H2,1-2H3. The van der Waals surface area contributed by atoms with Gasteiger partial charge in [-0.3, -0.25) is 0 Å². The molecule has 1 saturated carbocycles. The molecule has 16 heavy (non-hydrogen) atoms. The zero-order valence-electron chi connectivity index (χ0n) is 9.79. The fourth-order valence-corrected chi connectivity index (χ4v) is 3.51. The molecule has 2 aromatic rings. The van der Waals surface area contributed by atoms with E-state index in [1.165, 1.54) is 33.4 Å². The van der Waals surface area contributed by atoms with E-state index in [2.05, 4.69) is 43.4 Å². The molecule has 1 aromatic heterocycles. The molecule has 1 nitrogen and oxygen atoms in total. The summed E-state index contributed by atoms with van der Waals surface area (Å²) in [6.07, 6.45) is 2.71. The van der Waals surface area contributed by atoms with Crippen molar-refractivity contribution in [2.24, 2.45) is 0 Å². The van der Waals surface area contributed by atoms with E-state index in [1.54, 1.807) is 0 Å². The number of hydrogen-bond acceptors (Lipinski definition) is 2. The summed E-state index contributed by atoms with van der Waals surface area (Å²) in [5.41, 5.74) is 1.46. The Morgan fingerprint density at radius 2 is 2.06 bits per heavy atom. The van der Waals surface area contributed by atoms with E-state index in [1.807, 2.05) is 11.3 Å². The predicted molar refractivity (Wildman–Crippen MR) is 71.1 cm³/mol. The van der Waals surface area contributed by atoms with Crippen LogP contribution in [0.25, 0.3) is 10.1 Å². The number of rotatable bonds is 3. The SMILES string of the molecule is Cc1c(C(C)NC2CC2)sc2ccccc12. The van der Waals surface area contributed by atoms with E-state index in [0.29, 0.717) is 6.04 Å². The second kappa shape index (κ2) is 3.86. The number of hydrogen-bond donors (Lipinski definition) is 1. The van der Waals surface area contributed by atoms with Crippen molar-refractivity contribution in [2.75, 3.05) is 0 Å². The number of thiophene rings is 1. The Labute approximate surface area is 100 Å². The van der Waals surface area contributed by atoms with Crippen LogP contribution in [0, 0.1) is 6.92 Å². The van der Waals surface area contributed by atoms with Gasteiger partial charge in [0.25, 0.3) is 0 Å². The van der Waals surface area contributed by atoms with Gasteiger partial charge in [0.2, 0.25) is 0 Å². The first-order chi connectivity index (χ1) is 7.75. The average molecular weight is 231 g/mol. The molecule has 2 heteroatoms. The Kier molecular flexibility index (Phi) is 2.49. The molecule has 1 aliphatic carbocycles. The lowest BCUT2D eigenvalue weighted by Crippen LogP contribution is -2.20. The highest BCUT2D eigenvalue weighted by Crippen LogP contribution is 2.35. The molecule has 1 N–H and O–H groups in total. The molecule has 3 rings (SSSR count). The minimum absolute atomic E-state index is 0.505. The Morgan fingerprint density at radius 3 is 2.75 bits per heavy atom. The van der Waals surface area contributed by atoms with E-state index in [4.69, 9.17) is 0 Å². The number of nitrogens with one attached hydrogen (secondary N) is 1. The van der Waals surface area contributed by atoms with E-state index in [9.17, 15) is 0 Å². The predicted octanol–water partition coefficient (Wildman–Crippen LogP) is 4.02. The third kappa shape index (κ3) is 1.76. The molecule has 1 atom stereocenters. The fourth-order valence-electron chi connectivity index (χ4n) is 2.29. The molecule has 0 bridgehead atoms. The van der Waals surface area contributed by atoms with Crippen LogP contribution in [0.1, 0.15) is 36.2 Å². The molecule has 1 heterocycles. The Balaban J connectivity index is 1.98. The maximum Gasteiger partial charge on any atom is 0.0391 e. The molecule has 1 aliphatic rings. The second-order valence-electron chi connectivity index (χ2n) is 4.75. The van der Waals surface area contributed by atoms with Crippen LogP contribution < -0.4 is 5.32 Å². The van der Waals surface area contributed by atoms with Gasteiger partial charge in [0, 0.05) is 21.7 Å². The summed E-state index contributed by atoms with van der Waals surface area (Å²) in [7, 11) is 0. The van der Waals surface area contributed by atoms with Gasteiger partial charge < -0.3 is 5.32 Å². The summed E-state index contributed by atoms with van der Waals surface area (Å²) in [5, 5.41) is 5.11. The van der Waals surface area contributed by atoms with Crippen molar-refractivity contribution in [3.05, 3.63) is 34.7 Å². The van der Waals surface area contributed by atoms with E-state index < -0.39 is 0 Å². The molecule has 0 saturated heterocycles. The summed E-state index contributed by atoms with van der Waals surface area (Å²) < 4.78 is 1.42. The zero-order chi connectivity index (χ0) is 11.1. The molecular weight excluding hydrogens is 214 g/mol. The lowest BCUT2D eigenvalue weighted by molar-refractivity contribution is 0.577. The average Bonchev–Trinajstić information content (AvgIpc) is 3.03. The normalized spacial score (nSPS) is 17.9. The van der Waals surface area contributed by atoms with Crippen LogP contribution in [0.2, 0.25) is 0 Å². The summed E-state index contributed by atoms with van der Waals surface area (Å²) in [6, 6.07) is 9.99. The minimum Gasteiger partial charge on any atom is -0.307 e. The van der Waals surface area contributed by atoms with Gasteiger partial charge in [-0.15, -0.1) is 11.3 Å². The smallest absolute Gasteiger partial charge is 0.0391 e. The third-order valence-electron chi connectivity index (χ3n) is 3.34. The van der Waals surface area contributed by atoms with Gasteiger partial charge >= 0.3 is 0 Å².